The summed E-state index contributed by atoms with van der Waals surface area (Å²) in [6.45, 7) is 8.87. The van der Waals surface area contributed by atoms with Crippen molar-refractivity contribution in [1.29, 1.82) is 0 Å². The van der Waals surface area contributed by atoms with E-state index < -0.39 is 0 Å². The Kier molecular flexibility index (Phi) is 4.10. The molecule has 106 valence electrons. The molecule has 1 aromatic heterocycles. The zero-order valence-corrected chi connectivity index (χ0v) is 12.6. The fourth-order valence-corrected chi connectivity index (χ4v) is 3.08. The summed E-state index contributed by atoms with van der Waals surface area (Å²) in [7, 11) is 0. The zero-order chi connectivity index (χ0) is 14.0. The molecule has 2 rings (SSSR count). The van der Waals surface area contributed by atoms with Crippen LogP contribution in [0.4, 0.5) is 5.00 Å². The van der Waals surface area contributed by atoms with Gasteiger partial charge in [-0.25, -0.2) is 4.79 Å². The first-order valence-electron chi connectivity index (χ1n) is 6.51. The van der Waals surface area contributed by atoms with Crippen LogP contribution in [0.2, 0.25) is 0 Å². The van der Waals surface area contributed by atoms with Crippen molar-refractivity contribution in [3.05, 3.63) is 11.3 Å². The number of ether oxygens (including phenoxy) is 2. The maximum atomic E-state index is 12.0. The Hall–Kier alpha value is -1.14. The lowest BCUT2D eigenvalue weighted by Crippen LogP contribution is -2.41. The summed E-state index contributed by atoms with van der Waals surface area (Å²) in [5.74, 6) is -0.314. The number of aromatic nitrogens is 1. The number of rotatable bonds is 4. The number of hydrogen-bond acceptors (Lipinski definition) is 6. The van der Waals surface area contributed by atoms with Gasteiger partial charge in [-0.05, 0) is 45.6 Å². The van der Waals surface area contributed by atoms with Gasteiger partial charge in [-0.1, -0.05) is 0 Å². The highest BCUT2D eigenvalue weighted by atomic mass is 32.1. The Balaban J connectivity index is 2.24. The molecule has 1 fully saturated rings. The van der Waals surface area contributed by atoms with E-state index in [1.807, 2.05) is 13.8 Å². The van der Waals surface area contributed by atoms with E-state index in [2.05, 4.69) is 16.6 Å². The Bertz CT molecular complexity index is 474. The van der Waals surface area contributed by atoms with Crippen molar-refractivity contribution in [2.24, 2.45) is 0 Å². The molecule has 2 unspecified atom stereocenters. The Morgan fingerprint density at radius 1 is 1.68 bits per heavy atom. The molecule has 0 bridgehead atoms. The topological polar surface area (TPSA) is 60.5 Å². The monoisotopic (exact) mass is 284 g/mol. The molecule has 0 saturated carbocycles. The van der Waals surface area contributed by atoms with Crippen molar-refractivity contribution >= 4 is 22.5 Å². The number of carbonyl (C=O) groups excluding carboxylic acids is 1. The molecular formula is C13H20N2O3S. The van der Waals surface area contributed by atoms with Gasteiger partial charge >= 0.3 is 5.97 Å². The average Bonchev–Trinajstić information content (AvgIpc) is 2.85. The number of esters is 1. The van der Waals surface area contributed by atoms with Gasteiger partial charge in [-0.3, -0.25) is 0 Å². The molecule has 1 saturated heterocycles. The van der Waals surface area contributed by atoms with Gasteiger partial charge in [-0.2, -0.15) is 4.37 Å². The standard InChI is InChI=1S/C13H20N2O3S/c1-5-17-12(16)10-8(2)15-19-11(10)14-13(4)6-7-18-9(13)3/h9,14H,5-7H2,1-4H3. The Morgan fingerprint density at radius 2 is 2.42 bits per heavy atom. The third-order valence-corrected chi connectivity index (χ3v) is 4.48. The van der Waals surface area contributed by atoms with E-state index in [1.54, 1.807) is 6.92 Å². The Morgan fingerprint density at radius 3 is 3.00 bits per heavy atom. The minimum atomic E-state index is -0.314. The number of nitrogens with zero attached hydrogens (tertiary/aromatic N) is 1. The molecular weight excluding hydrogens is 264 g/mol. The number of nitrogens with one attached hydrogen (secondary N) is 1. The third kappa shape index (κ3) is 2.74. The molecule has 0 radical (unpaired) electrons. The SMILES string of the molecule is CCOC(=O)c1c(C)nsc1NC1(C)CCOC1C. The highest BCUT2D eigenvalue weighted by molar-refractivity contribution is 7.10. The minimum Gasteiger partial charge on any atom is -0.462 e. The predicted octanol–water partition coefficient (Wildman–Crippen LogP) is 2.61. The molecule has 1 aliphatic rings. The second-order valence-electron chi connectivity index (χ2n) is 5.00. The molecule has 5 nitrogen and oxygen atoms in total. The first-order chi connectivity index (χ1) is 8.98. The van der Waals surface area contributed by atoms with Gasteiger partial charge in [0, 0.05) is 6.61 Å². The van der Waals surface area contributed by atoms with Gasteiger partial charge in [0.2, 0.25) is 0 Å². The molecule has 0 aromatic carbocycles. The number of aryl methyl sites for hydroxylation is 1. The summed E-state index contributed by atoms with van der Waals surface area (Å²) in [4.78, 5) is 12.0. The van der Waals surface area contributed by atoms with E-state index in [-0.39, 0.29) is 17.6 Å². The minimum absolute atomic E-state index is 0.102. The lowest BCUT2D eigenvalue weighted by Gasteiger charge is -2.29. The summed E-state index contributed by atoms with van der Waals surface area (Å²) < 4.78 is 14.9. The van der Waals surface area contributed by atoms with Crippen molar-refractivity contribution in [1.82, 2.24) is 4.37 Å². The van der Waals surface area contributed by atoms with E-state index in [0.717, 1.165) is 18.0 Å². The van der Waals surface area contributed by atoms with Crippen LogP contribution in [0.3, 0.4) is 0 Å². The van der Waals surface area contributed by atoms with E-state index >= 15 is 0 Å². The molecule has 0 spiro atoms. The second-order valence-corrected chi connectivity index (χ2v) is 5.77. The van der Waals surface area contributed by atoms with Crippen molar-refractivity contribution < 1.29 is 14.3 Å². The largest absolute Gasteiger partial charge is 0.462 e. The van der Waals surface area contributed by atoms with Crippen LogP contribution >= 0.6 is 11.5 Å². The van der Waals surface area contributed by atoms with Gasteiger partial charge in [0.05, 0.1) is 23.9 Å². The van der Waals surface area contributed by atoms with Gasteiger partial charge in [0.15, 0.2) is 0 Å². The van der Waals surface area contributed by atoms with Crippen LogP contribution in [0.25, 0.3) is 0 Å². The molecule has 6 heteroatoms. The van der Waals surface area contributed by atoms with Gasteiger partial charge in [0.1, 0.15) is 10.6 Å². The molecule has 1 N–H and O–H groups in total. The van der Waals surface area contributed by atoms with Crippen LogP contribution in [0, 0.1) is 6.92 Å². The maximum Gasteiger partial charge on any atom is 0.343 e. The summed E-state index contributed by atoms with van der Waals surface area (Å²) in [6, 6.07) is 0. The molecule has 19 heavy (non-hydrogen) atoms. The van der Waals surface area contributed by atoms with Crippen molar-refractivity contribution in [3.8, 4) is 0 Å². The number of anilines is 1. The molecule has 0 amide bonds. The van der Waals surface area contributed by atoms with E-state index in [0.29, 0.717) is 17.9 Å². The normalized spacial score (nSPS) is 26.4. The van der Waals surface area contributed by atoms with Gasteiger partial charge < -0.3 is 14.8 Å². The quantitative estimate of drug-likeness (QED) is 0.861. The highest BCUT2D eigenvalue weighted by Gasteiger charge is 2.38. The molecule has 0 aliphatic carbocycles. The van der Waals surface area contributed by atoms with Crippen molar-refractivity contribution in [3.63, 3.8) is 0 Å². The summed E-state index contributed by atoms with van der Waals surface area (Å²) in [5.41, 5.74) is 1.09. The molecule has 1 aromatic rings. The summed E-state index contributed by atoms with van der Waals surface area (Å²) >= 11 is 1.30. The summed E-state index contributed by atoms with van der Waals surface area (Å²) in [5, 5.41) is 4.20. The molecule has 2 heterocycles. The van der Waals surface area contributed by atoms with Gasteiger partial charge in [-0.15, -0.1) is 0 Å². The predicted molar refractivity (Wildman–Crippen MR) is 74.9 cm³/mol. The highest BCUT2D eigenvalue weighted by Crippen LogP contribution is 2.34. The zero-order valence-electron chi connectivity index (χ0n) is 11.8. The van der Waals surface area contributed by atoms with E-state index in [1.165, 1.54) is 11.5 Å². The lowest BCUT2D eigenvalue weighted by molar-refractivity contribution is 0.0526. The lowest BCUT2D eigenvalue weighted by atomic mass is 9.94. The first-order valence-corrected chi connectivity index (χ1v) is 7.28. The Labute approximate surface area is 117 Å². The average molecular weight is 284 g/mol. The van der Waals surface area contributed by atoms with Crippen molar-refractivity contribution in [2.75, 3.05) is 18.5 Å². The van der Waals surface area contributed by atoms with Crippen LogP contribution in [-0.2, 0) is 9.47 Å². The first kappa shape index (κ1) is 14.3. The molecule has 1 aliphatic heterocycles. The third-order valence-electron chi connectivity index (χ3n) is 3.63. The molecule has 2 atom stereocenters. The van der Waals surface area contributed by atoms with Gasteiger partial charge in [0.25, 0.3) is 0 Å². The van der Waals surface area contributed by atoms with Crippen LogP contribution in [0.1, 0.15) is 43.2 Å². The van der Waals surface area contributed by atoms with Crippen LogP contribution < -0.4 is 5.32 Å². The maximum absolute atomic E-state index is 12.0. The smallest absolute Gasteiger partial charge is 0.343 e. The van der Waals surface area contributed by atoms with Crippen LogP contribution in [-0.4, -0.2) is 35.2 Å². The van der Waals surface area contributed by atoms with E-state index in [9.17, 15) is 4.79 Å². The van der Waals surface area contributed by atoms with Crippen molar-refractivity contribution in [2.45, 2.75) is 45.8 Å². The fourth-order valence-electron chi connectivity index (χ4n) is 2.16. The summed E-state index contributed by atoms with van der Waals surface area (Å²) in [6.07, 6.45) is 1.01. The number of hydrogen-bond donors (Lipinski definition) is 1. The fraction of sp³-hybridized carbons (Fsp3) is 0.692. The number of carbonyl (C=O) groups is 1. The second kappa shape index (κ2) is 5.46. The van der Waals surface area contributed by atoms with Crippen LogP contribution in [0.5, 0.6) is 0 Å². The van der Waals surface area contributed by atoms with Crippen LogP contribution in [0.15, 0.2) is 0 Å². The van der Waals surface area contributed by atoms with E-state index in [4.69, 9.17) is 9.47 Å².